The molecule has 1 aromatic heterocycles. The molecule has 0 atom stereocenters. The Morgan fingerprint density at radius 3 is 2.48 bits per heavy atom. The Morgan fingerprint density at radius 1 is 1.14 bits per heavy atom. The van der Waals surface area contributed by atoms with Crippen LogP contribution in [0.2, 0.25) is 0 Å². The Labute approximate surface area is 124 Å². The van der Waals surface area contributed by atoms with Gasteiger partial charge < -0.3 is 20.5 Å². The summed E-state index contributed by atoms with van der Waals surface area (Å²) in [6.45, 7) is 3.88. The lowest BCUT2D eigenvalue weighted by Crippen LogP contribution is -2.06. The van der Waals surface area contributed by atoms with E-state index < -0.39 is 0 Å². The van der Waals surface area contributed by atoms with Gasteiger partial charge in [-0.05, 0) is 19.1 Å². The Morgan fingerprint density at radius 2 is 1.86 bits per heavy atom. The smallest absolute Gasteiger partial charge is 0.162 e. The lowest BCUT2D eigenvalue weighted by Gasteiger charge is -2.13. The van der Waals surface area contributed by atoms with Crippen LogP contribution < -0.4 is 20.5 Å². The van der Waals surface area contributed by atoms with Gasteiger partial charge in [0.25, 0.3) is 0 Å². The highest BCUT2D eigenvalue weighted by Crippen LogP contribution is 2.31. The van der Waals surface area contributed by atoms with Crippen LogP contribution in [0.3, 0.4) is 0 Å². The minimum Gasteiger partial charge on any atom is -0.493 e. The van der Waals surface area contributed by atoms with Crippen molar-refractivity contribution in [2.45, 2.75) is 20.3 Å². The van der Waals surface area contributed by atoms with Crippen LogP contribution in [-0.4, -0.2) is 24.2 Å². The molecule has 1 aromatic carbocycles. The van der Waals surface area contributed by atoms with Crippen molar-refractivity contribution in [3.63, 3.8) is 0 Å². The molecule has 6 heteroatoms. The third-order valence-corrected chi connectivity index (χ3v) is 3.19. The lowest BCUT2D eigenvalue weighted by molar-refractivity contribution is 0.355. The van der Waals surface area contributed by atoms with Crippen molar-refractivity contribution in [1.29, 1.82) is 0 Å². The number of nitrogens with two attached hydrogens (primary N) is 1. The van der Waals surface area contributed by atoms with Crippen molar-refractivity contribution in [2.75, 3.05) is 25.3 Å². The first-order chi connectivity index (χ1) is 10.1. The van der Waals surface area contributed by atoms with Crippen LogP contribution in [0, 0.1) is 6.92 Å². The molecule has 0 fully saturated rings. The molecule has 0 saturated heterocycles. The van der Waals surface area contributed by atoms with Crippen LogP contribution in [0.25, 0.3) is 0 Å². The number of aryl methyl sites for hydroxylation is 1. The van der Waals surface area contributed by atoms with Gasteiger partial charge in [-0.1, -0.05) is 6.92 Å². The summed E-state index contributed by atoms with van der Waals surface area (Å²) in [6, 6.07) is 5.58. The highest BCUT2D eigenvalue weighted by molar-refractivity contribution is 5.66. The first-order valence-electron chi connectivity index (χ1n) is 6.71. The maximum Gasteiger partial charge on any atom is 0.162 e. The van der Waals surface area contributed by atoms with Gasteiger partial charge in [-0.3, -0.25) is 0 Å². The molecule has 2 aromatic rings. The predicted octanol–water partition coefficient (Wildman–Crippen LogP) is 2.69. The number of methoxy groups -OCH3 is 2. The van der Waals surface area contributed by atoms with E-state index >= 15 is 0 Å². The summed E-state index contributed by atoms with van der Waals surface area (Å²) < 4.78 is 10.5. The summed E-state index contributed by atoms with van der Waals surface area (Å²) in [5.41, 5.74) is 7.58. The van der Waals surface area contributed by atoms with E-state index in [9.17, 15) is 0 Å². The number of anilines is 3. The minimum atomic E-state index is 0.491. The van der Waals surface area contributed by atoms with E-state index in [1.165, 1.54) is 0 Å². The van der Waals surface area contributed by atoms with E-state index in [1.807, 2.05) is 32.0 Å². The zero-order valence-corrected chi connectivity index (χ0v) is 12.7. The van der Waals surface area contributed by atoms with Crippen LogP contribution in [0.4, 0.5) is 17.3 Å². The number of rotatable bonds is 5. The van der Waals surface area contributed by atoms with Gasteiger partial charge in [-0.15, -0.1) is 0 Å². The number of benzene rings is 1. The fraction of sp³-hybridized carbons (Fsp3) is 0.333. The maximum atomic E-state index is 5.92. The lowest BCUT2D eigenvalue weighted by atomic mass is 10.2. The second-order valence-corrected chi connectivity index (χ2v) is 4.55. The van der Waals surface area contributed by atoms with E-state index in [-0.39, 0.29) is 0 Å². The molecule has 0 spiro atoms. The third kappa shape index (κ3) is 3.16. The third-order valence-electron chi connectivity index (χ3n) is 3.19. The quantitative estimate of drug-likeness (QED) is 0.880. The zero-order chi connectivity index (χ0) is 15.4. The second-order valence-electron chi connectivity index (χ2n) is 4.55. The number of nitrogens with one attached hydrogen (secondary N) is 1. The summed E-state index contributed by atoms with van der Waals surface area (Å²) in [7, 11) is 3.21. The Hall–Kier alpha value is -2.50. The normalized spacial score (nSPS) is 10.3. The van der Waals surface area contributed by atoms with Gasteiger partial charge >= 0.3 is 0 Å². The molecule has 6 nitrogen and oxygen atoms in total. The van der Waals surface area contributed by atoms with Crippen LogP contribution >= 0.6 is 0 Å². The molecule has 0 saturated carbocycles. The molecule has 0 unspecified atom stereocenters. The fourth-order valence-corrected chi connectivity index (χ4v) is 1.91. The molecular weight excluding hydrogens is 268 g/mol. The molecule has 0 aliphatic carbocycles. The monoisotopic (exact) mass is 288 g/mol. The van der Waals surface area contributed by atoms with Crippen molar-refractivity contribution in [1.82, 2.24) is 9.97 Å². The van der Waals surface area contributed by atoms with Crippen molar-refractivity contribution in [3.8, 4) is 11.5 Å². The molecule has 0 amide bonds. The second kappa shape index (κ2) is 6.30. The molecule has 112 valence electrons. The van der Waals surface area contributed by atoms with Gasteiger partial charge in [-0.25, -0.2) is 9.97 Å². The summed E-state index contributed by atoms with van der Waals surface area (Å²) in [5, 5.41) is 3.25. The first kappa shape index (κ1) is 14.9. The Bertz CT molecular complexity index is 644. The topological polar surface area (TPSA) is 82.3 Å². The van der Waals surface area contributed by atoms with Gasteiger partial charge in [0.05, 0.1) is 14.2 Å². The highest BCUT2D eigenvalue weighted by Gasteiger charge is 2.10. The van der Waals surface area contributed by atoms with Gasteiger partial charge in [0.1, 0.15) is 17.5 Å². The number of ether oxygens (including phenoxy) is 2. The number of nitrogens with zero attached hydrogens (tertiary/aromatic N) is 2. The summed E-state index contributed by atoms with van der Waals surface area (Å²) in [4.78, 5) is 8.71. The predicted molar refractivity (Wildman–Crippen MR) is 83.4 cm³/mol. The molecule has 1 heterocycles. The number of nitrogen functional groups attached to an aromatic ring is 1. The van der Waals surface area contributed by atoms with Gasteiger partial charge in [0, 0.05) is 23.7 Å². The molecule has 0 bridgehead atoms. The summed E-state index contributed by atoms with van der Waals surface area (Å²) in [6.07, 6.45) is 0.727. The molecule has 0 aliphatic heterocycles. The highest BCUT2D eigenvalue weighted by atomic mass is 16.5. The van der Waals surface area contributed by atoms with Crippen molar-refractivity contribution < 1.29 is 9.47 Å². The zero-order valence-electron chi connectivity index (χ0n) is 12.7. The van der Waals surface area contributed by atoms with E-state index in [2.05, 4.69) is 15.3 Å². The Balaban J connectivity index is 2.36. The number of aromatic nitrogens is 2. The van der Waals surface area contributed by atoms with Crippen LogP contribution in [0.5, 0.6) is 11.5 Å². The molecule has 3 N–H and O–H groups in total. The largest absolute Gasteiger partial charge is 0.493 e. The average Bonchev–Trinajstić information content (AvgIpc) is 2.51. The van der Waals surface area contributed by atoms with E-state index in [0.717, 1.165) is 17.7 Å². The van der Waals surface area contributed by atoms with E-state index in [4.69, 9.17) is 15.2 Å². The molecule has 0 radical (unpaired) electrons. The van der Waals surface area contributed by atoms with Gasteiger partial charge in [0.2, 0.25) is 0 Å². The number of hydrogen-bond donors (Lipinski definition) is 2. The van der Waals surface area contributed by atoms with Gasteiger partial charge in [-0.2, -0.15) is 0 Å². The maximum absolute atomic E-state index is 5.92. The SMILES string of the molecule is CCc1nc(N)c(C)c(Nc2ccc(OC)c(OC)c2)n1. The summed E-state index contributed by atoms with van der Waals surface area (Å²) in [5.74, 6) is 3.23. The Kier molecular flexibility index (Phi) is 4.47. The van der Waals surface area contributed by atoms with Crippen LogP contribution in [0.15, 0.2) is 18.2 Å². The molecular formula is C15H20N4O2. The molecule has 21 heavy (non-hydrogen) atoms. The van der Waals surface area contributed by atoms with Crippen molar-refractivity contribution in [3.05, 3.63) is 29.6 Å². The van der Waals surface area contributed by atoms with Gasteiger partial charge in [0.15, 0.2) is 11.5 Å². The van der Waals surface area contributed by atoms with E-state index in [0.29, 0.717) is 29.0 Å². The average molecular weight is 288 g/mol. The minimum absolute atomic E-state index is 0.491. The van der Waals surface area contributed by atoms with Crippen molar-refractivity contribution in [2.24, 2.45) is 0 Å². The van der Waals surface area contributed by atoms with Crippen LogP contribution in [0.1, 0.15) is 18.3 Å². The van der Waals surface area contributed by atoms with E-state index in [1.54, 1.807) is 14.2 Å². The first-order valence-corrected chi connectivity index (χ1v) is 6.71. The summed E-state index contributed by atoms with van der Waals surface area (Å²) >= 11 is 0. The standard InChI is InChI=1S/C15H20N4O2/c1-5-13-18-14(16)9(2)15(19-13)17-10-6-7-11(20-3)12(8-10)21-4/h6-8H,5H2,1-4H3,(H3,16,17,18,19). The fourth-order valence-electron chi connectivity index (χ4n) is 1.91. The van der Waals surface area contributed by atoms with Crippen molar-refractivity contribution >= 4 is 17.3 Å². The van der Waals surface area contributed by atoms with Crippen LogP contribution in [-0.2, 0) is 6.42 Å². The molecule has 2 rings (SSSR count). The number of hydrogen-bond acceptors (Lipinski definition) is 6. The molecule has 0 aliphatic rings.